The Kier molecular flexibility index (Phi) is 5.18. The van der Waals surface area contributed by atoms with Crippen molar-refractivity contribution in [2.75, 3.05) is 5.43 Å². The van der Waals surface area contributed by atoms with Crippen LogP contribution in [0.4, 0.5) is 18.9 Å². The highest BCUT2D eigenvalue weighted by Gasteiger charge is 2.33. The summed E-state index contributed by atoms with van der Waals surface area (Å²) in [6.45, 7) is 0. The van der Waals surface area contributed by atoms with Crippen LogP contribution in [-0.2, 0) is 6.18 Å². The highest BCUT2D eigenvalue weighted by atomic mass is 32.1. The van der Waals surface area contributed by atoms with Crippen LogP contribution in [0.25, 0.3) is 16.3 Å². The van der Waals surface area contributed by atoms with Gasteiger partial charge in [-0.1, -0.05) is 36.4 Å². The Morgan fingerprint density at radius 3 is 2.45 bits per heavy atom. The quantitative estimate of drug-likeness (QED) is 0.320. The van der Waals surface area contributed by atoms with Crippen LogP contribution in [0.2, 0.25) is 0 Å². The van der Waals surface area contributed by atoms with Crippen molar-refractivity contribution < 1.29 is 13.2 Å². The molecule has 0 saturated carbocycles. The molecule has 2 aromatic carbocycles. The molecule has 0 aliphatic carbocycles. The fraction of sp³-hybridized carbons (Fsp3) is 0.0476. The molecular formula is C21H15F3N4S. The molecule has 0 spiro atoms. The van der Waals surface area contributed by atoms with Crippen molar-refractivity contribution in [1.29, 1.82) is 0 Å². The third-order valence-corrected chi connectivity index (χ3v) is 5.02. The lowest BCUT2D eigenvalue weighted by Gasteiger charge is -2.11. The molecule has 2 aromatic heterocycles. The Morgan fingerprint density at radius 1 is 0.966 bits per heavy atom. The monoisotopic (exact) mass is 412 g/mol. The Labute approximate surface area is 168 Å². The van der Waals surface area contributed by atoms with Crippen molar-refractivity contribution in [3.05, 3.63) is 89.4 Å². The molecule has 4 rings (SSSR count). The maximum Gasteiger partial charge on any atom is 0.418 e. The summed E-state index contributed by atoms with van der Waals surface area (Å²) in [4.78, 5) is 0.942. The maximum absolute atomic E-state index is 13.1. The SMILES string of the molecule is FC(F)(F)c1ccccc1NN=Cc1cn(-c2ccccc2)nc1-c1cccs1. The standard InChI is InChI=1S/C21H15F3N4S/c22-21(23,24)17-9-4-5-10-18(17)26-25-13-15-14-28(16-7-2-1-3-8-16)27-20(15)19-11-6-12-29-19/h1-14,26H. The summed E-state index contributed by atoms with van der Waals surface area (Å²) in [7, 11) is 0. The molecular weight excluding hydrogens is 397 g/mol. The average Bonchev–Trinajstić information content (AvgIpc) is 3.38. The number of hydrogen-bond acceptors (Lipinski definition) is 4. The minimum Gasteiger partial charge on any atom is -0.278 e. The van der Waals surface area contributed by atoms with Crippen molar-refractivity contribution in [2.45, 2.75) is 6.18 Å². The van der Waals surface area contributed by atoms with Crippen LogP contribution >= 0.6 is 11.3 Å². The van der Waals surface area contributed by atoms with Crippen LogP contribution in [0.1, 0.15) is 11.1 Å². The molecule has 4 nitrogen and oxygen atoms in total. The van der Waals surface area contributed by atoms with E-state index in [1.165, 1.54) is 35.8 Å². The summed E-state index contributed by atoms with van der Waals surface area (Å²) in [5.74, 6) is 0. The van der Waals surface area contributed by atoms with Gasteiger partial charge in [-0.05, 0) is 35.7 Å². The largest absolute Gasteiger partial charge is 0.418 e. The average molecular weight is 412 g/mol. The van der Waals surface area contributed by atoms with Gasteiger partial charge in [0.15, 0.2) is 0 Å². The van der Waals surface area contributed by atoms with Gasteiger partial charge in [-0.3, -0.25) is 5.43 Å². The molecule has 0 bridgehead atoms. The van der Waals surface area contributed by atoms with Gasteiger partial charge in [0, 0.05) is 11.8 Å². The van der Waals surface area contributed by atoms with E-state index >= 15 is 0 Å². The van der Waals surface area contributed by atoms with E-state index in [0.29, 0.717) is 11.3 Å². The van der Waals surface area contributed by atoms with Crippen molar-refractivity contribution >= 4 is 23.2 Å². The normalized spacial score (nSPS) is 11.8. The summed E-state index contributed by atoms with van der Waals surface area (Å²) in [6, 6.07) is 18.7. The Balaban J connectivity index is 1.66. The van der Waals surface area contributed by atoms with Crippen LogP contribution < -0.4 is 5.43 Å². The van der Waals surface area contributed by atoms with Crippen LogP contribution in [-0.4, -0.2) is 16.0 Å². The van der Waals surface area contributed by atoms with E-state index in [9.17, 15) is 13.2 Å². The molecule has 4 aromatic rings. The highest BCUT2D eigenvalue weighted by molar-refractivity contribution is 7.13. The van der Waals surface area contributed by atoms with E-state index in [1.807, 2.05) is 47.8 Å². The smallest absolute Gasteiger partial charge is 0.278 e. The van der Waals surface area contributed by atoms with Gasteiger partial charge < -0.3 is 0 Å². The maximum atomic E-state index is 13.1. The number of aromatic nitrogens is 2. The number of benzene rings is 2. The molecule has 0 saturated heterocycles. The number of alkyl halides is 3. The Hall–Kier alpha value is -3.39. The molecule has 1 N–H and O–H groups in total. The second kappa shape index (κ2) is 7.92. The van der Waals surface area contributed by atoms with E-state index in [4.69, 9.17) is 0 Å². The predicted octanol–water partition coefficient (Wildman–Crippen LogP) is 6.07. The predicted molar refractivity (Wildman–Crippen MR) is 110 cm³/mol. The second-order valence-corrected chi connectivity index (χ2v) is 7.05. The van der Waals surface area contributed by atoms with Crippen molar-refractivity contribution in [1.82, 2.24) is 9.78 Å². The lowest BCUT2D eigenvalue weighted by atomic mass is 10.2. The number of nitrogens with one attached hydrogen (secondary N) is 1. The first-order valence-electron chi connectivity index (χ1n) is 8.66. The zero-order valence-electron chi connectivity index (χ0n) is 15.0. The van der Waals surface area contributed by atoms with Crippen LogP contribution in [0.3, 0.4) is 0 Å². The molecule has 146 valence electrons. The third kappa shape index (κ3) is 4.22. The first-order valence-corrected chi connectivity index (χ1v) is 9.54. The summed E-state index contributed by atoms with van der Waals surface area (Å²) in [5, 5.41) is 10.6. The second-order valence-electron chi connectivity index (χ2n) is 6.10. The molecule has 8 heteroatoms. The van der Waals surface area contributed by atoms with Crippen LogP contribution in [0.15, 0.2) is 83.4 Å². The van der Waals surface area contributed by atoms with E-state index in [0.717, 1.165) is 16.6 Å². The molecule has 29 heavy (non-hydrogen) atoms. The lowest BCUT2D eigenvalue weighted by molar-refractivity contribution is -0.136. The fourth-order valence-corrected chi connectivity index (χ4v) is 3.53. The molecule has 0 aliphatic rings. The number of thiophene rings is 1. The molecule has 0 aliphatic heterocycles. The number of halogens is 3. The van der Waals surface area contributed by atoms with Gasteiger partial charge in [-0.2, -0.15) is 23.4 Å². The summed E-state index contributed by atoms with van der Waals surface area (Å²) in [5.41, 5.74) is 3.90. The first kappa shape index (κ1) is 18.9. The van der Waals surface area contributed by atoms with Gasteiger partial charge >= 0.3 is 6.18 Å². The van der Waals surface area contributed by atoms with Crippen molar-refractivity contribution in [2.24, 2.45) is 5.10 Å². The van der Waals surface area contributed by atoms with Crippen molar-refractivity contribution in [3.63, 3.8) is 0 Å². The molecule has 0 amide bonds. The van der Waals surface area contributed by atoms with Gasteiger partial charge in [0.25, 0.3) is 0 Å². The summed E-state index contributed by atoms with van der Waals surface area (Å²) in [6.07, 6.45) is -1.18. The van der Waals surface area contributed by atoms with Gasteiger partial charge in [0.1, 0.15) is 5.69 Å². The van der Waals surface area contributed by atoms with Crippen molar-refractivity contribution in [3.8, 4) is 16.3 Å². The number of hydrogen-bond donors (Lipinski definition) is 1. The van der Waals surface area contributed by atoms with Gasteiger partial charge in [0.2, 0.25) is 0 Å². The van der Waals surface area contributed by atoms with Gasteiger partial charge in [0.05, 0.1) is 28.0 Å². The number of rotatable bonds is 5. The minimum atomic E-state index is -4.46. The molecule has 0 fully saturated rings. The Bertz CT molecular complexity index is 1120. The number of anilines is 1. The Morgan fingerprint density at radius 2 is 1.72 bits per heavy atom. The topological polar surface area (TPSA) is 42.2 Å². The number of hydrazone groups is 1. The molecule has 2 heterocycles. The zero-order valence-corrected chi connectivity index (χ0v) is 15.8. The van der Waals surface area contributed by atoms with E-state index in [2.05, 4.69) is 15.6 Å². The summed E-state index contributed by atoms with van der Waals surface area (Å²) >= 11 is 1.53. The fourth-order valence-electron chi connectivity index (χ4n) is 2.80. The lowest BCUT2D eigenvalue weighted by Crippen LogP contribution is -2.08. The minimum absolute atomic E-state index is 0.107. The molecule has 0 atom stereocenters. The van der Waals surface area contributed by atoms with E-state index < -0.39 is 11.7 Å². The number of para-hydroxylation sites is 2. The van der Waals surface area contributed by atoms with E-state index in [1.54, 1.807) is 10.9 Å². The van der Waals surface area contributed by atoms with Gasteiger partial charge in [-0.25, -0.2) is 4.68 Å². The molecule has 0 radical (unpaired) electrons. The van der Waals surface area contributed by atoms with E-state index in [-0.39, 0.29) is 5.69 Å². The third-order valence-electron chi connectivity index (χ3n) is 4.14. The first-order chi connectivity index (χ1) is 14.0. The number of nitrogens with zero attached hydrogens (tertiary/aromatic N) is 3. The highest BCUT2D eigenvalue weighted by Crippen LogP contribution is 2.34. The van der Waals surface area contributed by atoms with Crippen LogP contribution in [0, 0.1) is 0 Å². The molecule has 0 unspecified atom stereocenters. The van der Waals surface area contributed by atoms with Gasteiger partial charge in [-0.15, -0.1) is 11.3 Å². The summed E-state index contributed by atoms with van der Waals surface area (Å²) < 4.78 is 41.1. The zero-order chi connectivity index (χ0) is 20.3. The van der Waals surface area contributed by atoms with Crippen LogP contribution in [0.5, 0.6) is 0 Å².